The largest absolute Gasteiger partial charge is 0.339 e. The average Bonchev–Trinajstić information content (AvgIpc) is 3.05. The van der Waals surface area contributed by atoms with Gasteiger partial charge in [-0.2, -0.15) is 4.98 Å². The Morgan fingerprint density at radius 3 is 2.81 bits per heavy atom. The third-order valence-electron chi connectivity index (χ3n) is 4.13. The molecular formula is C19H21FN4O3. The molecule has 27 heavy (non-hydrogen) atoms. The lowest BCUT2D eigenvalue weighted by atomic mass is 10.1. The molecule has 7 nitrogen and oxygen atoms in total. The third kappa shape index (κ3) is 4.21. The van der Waals surface area contributed by atoms with E-state index in [0.717, 1.165) is 0 Å². The van der Waals surface area contributed by atoms with Crippen molar-refractivity contribution in [3.8, 4) is 0 Å². The molecule has 0 saturated heterocycles. The molecule has 0 fully saturated rings. The number of H-pyrrole nitrogens is 1. The summed E-state index contributed by atoms with van der Waals surface area (Å²) in [5.74, 6) is 0.408. The number of carbonyl (C=O) groups is 1. The predicted molar refractivity (Wildman–Crippen MR) is 97.8 cm³/mol. The summed E-state index contributed by atoms with van der Waals surface area (Å²) in [6.07, 6.45) is 0.658. The van der Waals surface area contributed by atoms with Gasteiger partial charge in [0.05, 0.1) is 12.1 Å². The van der Waals surface area contributed by atoms with Crippen molar-refractivity contribution in [3.63, 3.8) is 0 Å². The van der Waals surface area contributed by atoms with Gasteiger partial charge in [0.25, 0.3) is 5.91 Å². The molecule has 0 aliphatic rings. The Labute approximate surface area is 155 Å². The second kappa shape index (κ2) is 7.69. The van der Waals surface area contributed by atoms with Gasteiger partial charge in [-0.15, -0.1) is 0 Å². The number of nitrogens with zero attached hydrogens (tertiary/aromatic N) is 3. The standard InChI is InChI=1S/C19H21FN4O3/c1-4-24(10-16-22-18(27-23-16)7-11(2)3)19(26)14-9-17(25)21-15-6-5-12(20)8-13(14)15/h5-6,8-9,11H,4,7,10H2,1-3H3,(H,21,25). The molecule has 0 unspecified atom stereocenters. The number of nitrogens with one attached hydrogen (secondary N) is 1. The summed E-state index contributed by atoms with van der Waals surface area (Å²) in [4.78, 5) is 33.3. The van der Waals surface area contributed by atoms with E-state index in [2.05, 4.69) is 15.1 Å². The van der Waals surface area contributed by atoms with Crippen LogP contribution in [-0.4, -0.2) is 32.5 Å². The summed E-state index contributed by atoms with van der Waals surface area (Å²) in [6.45, 7) is 6.41. The fourth-order valence-corrected chi connectivity index (χ4v) is 2.86. The van der Waals surface area contributed by atoms with Crippen LogP contribution in [0.25, 0.3) is 10.9 Å². The Balaban J connectivity index is 1.91. The van der Waals surface area contributed by atoms with E-state index in [1.165, 1.54) is 29.2 Å². The highest BCUT2D eigenvalue weighted by atomic mass is 19.1. The first-order valence-electron chi connectivity index (χ1n) is 8.80. The molecule has 8 heteroatoms. The summed E-state index contributed by atoms with van der Waals surface area (Å²) >= 11 is 0. The van der Waals surface area contributed by atoms with Gasteiger partial charge in [-0.3, -0.25) is 9.59 Å². The number of carbonyl (C=O) groups excluding carboxylic acids is 1. The predicted octanol–water partition coefficient (Wildman–Crippen LogP) is 2.91. The minimum Gasteiger partial charge on any atom is -0.339 e. The third-order valence-corrected chi connectivity index (χ3v) is 4.13. The van der Waals surface area contributed by atoms with Gasteiger partial charge < -0.3 is 14.4 Å². The van der Waals surface area contributed by atoms with Crippen LogP contribution in [0.5, 0.6) is 0 Å². The van der Waals surface area contributed by atoms with Crippen molar-refractivity contribution in [2.45, 2.75) is 33.7 Å². The van der Waals surface area contributed by atoms with Crippen LogP contribution < -0.4 is 5.56 Å². The molecule has 3 rings (SSSR count). The zero-order valence-corrected chi connectivity index (χ0v) is 15.5. The lowest BCUT2D eigenvalue weighted by molar-refractivity contribution is 0.0749. The van der Waals surface area contributed by atoms with Gasteiger partial charge in [-0.25, -0.2) is 4.39 Å². The quantitative estimate of drug-likeness (QED) is 0.718. The molecule has 0 spiro atoms. The van der Waals surface area contributed by atoms with Gasteiger partial charge in [-0.1, -0.05) is 19.0 Å². The Hall–Kier alpha value is -3.03. The summed E-state index contributed by atoms with van der Waals surface area (Å²) < 4.78 is 18.9. The number of fused-ring (bicyclic) bond motifs is 1. The molecule has 1 N–H and O–H groups in total. The molecule has 0 saturated carbocycles. The number of halogens is 1. The molecule has 0 aliphatic carbocycles. The van der Waals surface area contributed by atoms with Crippen molar-refractivity contribution < 1.29 is 13.7 Å². The SMILES string of the molecule is CCN(Cc1noc(CC(C)C)n1)C(=O)c1cc(=O)[nH]c2ccc(F)cc12. The maximum absolute atomic E-state index is 13.7. The second-order valence-corrected chi connectivity index (χ2v) is 6.76. The zero-order valence-electron chi connectivity index (χ0n) is 15.5. The molecule has 0 radical (unpaired) electrons. The van der Waals surface area contributed by atoms with E-state index in [1.807, 2.05) is 20.8 Å². The first kappa shape index (κ1) is 18.8. The van der Waals surface area contributed by atoms with E-state index in [1.54, 1.807) is 0 Å². The number of rotatable bonds is 6. The second-order valence-electron chi connectivity index (χ2n) is 6.76. The normalized spacial score (nSPS) is 11.3. The van der Waals surface area contributed by atoms with E-state index in [-0.39, 0.29) is 12.1 Å². The molecule has 3 aromatic rings. The van der Waals surface area contributed by atoms with Crippen molar-refractivity contribution in [3.05, 3.63) is 57.7 Å². The van der Waals surface area contributed by atoms with E-state index in [0.29, 0.717) is 41.5 Å². The van der Waals surface area contributed by atoms with E-state index in [9.17, 15) is 14.0 Å². The topological polar surface area (TPSA) is 92.1 Å². The average molecular weight is 372 g/mol. The monoisotopic (exact) mass is 372 g/mol. The summed E-state index contributed by atoms with van der Waals surface area (Å²) in [5, 5.41) is 4.27. The molecule has 0 aliphatic heterocycles. The summed E-state index contributed by atoms with van der Waals surface area (Å²) in [7, 11) is 0. The van der Waals surface area contributed by atoms with Crippen molar-refractivity contribution in [2.75, 3.05) is 6.54 Å². The highest BCUT2D eigenvalue weighted by molar-refractivity contribution is 6.05. The molecule has 2 heterocycles. The van der Waals surface area contributed by atoms with Gasteiger partial charge in [0.2, 0.25) is 11.4 Å². The number of amides is 1. The first-order valence-corrected chi connectivity index (χ1v) is 8.80. The Morgan fingerprint density at radius 1 is 1.33 bits per heavy atom. The lowest BCUT2D eigenvalue weighted by Crippen LogP contribution is -2.31. The minimum atomic E-state index is -0.483. The maximum Gasteiger partial charge on any atom is 0.255 e. The molecular weight excluding hydrogens is 351 g/mol. The molecule has 1 aromatic carbocycles. The van der Waals surface area contributed by atoms with Crippen LogP contribution in [0.2, 0.25) is 0 Å². The minimum absolute atomic E-state index is 0.139. The zero-order chi connectivity index (χ0) is 19.6. The van der Waals surface area contributed by atoms with Gasteiger partial charge in [0.15, 0.2) is 5.82 Å². The van der Waals surface area contributed by atoms with Gasteiger partial charge >= 0.3 is 0 Å². The number of aromatic nitrogens is 3. The van der Waals surface area contributed by atoms with Gasteiger partial charge in [0, 0.05) is 29.9 Å². The van der Waals surface area contributed by atoms with E-state index in [4.69, 9.17) is 4.52 Å². The summed E-state index contributed by atoms with van der Waals surface area (Å²) in [6, 6.07) is 5.10. The number of hydrogen-bond donors (Lipinski definition) is 1. The van der Waals surface area contributed by atoms with Crippen molar-refractivity contribution in [1.29, 1.82) is 0 Å². The Bertz CT molecular complexity index is 1030. The van der Waals surface area contributed by atoms with E-state index < -0.39 is 17.3 Å². The Morgan fingerprint density at radius 2 is 2.11 bits per heavy atom. The lowest BCUT2D eigenvalue weighted by Gasteiger charge is -2.19. The Kier molecular flexibility index (Phi) is 5.34. The van der Waals surface area contributed by atoms with Crippen LogP contribution in [0.1, 0.15) is 42.8 Å². The number of aromatic amines is 1. The van der Waals surface area contributed by atoms with Crippen LogP contribution in [0.4, 0.5) is 4.39 Å². The fraction of sp³-hybridized carbons (Fsp3) is 0.368. The fourth-order valence-electron chi connectivity index (χ4n) is 2.86. The van der Waals surface area contributed by atoms with Crippen LogP contribution in [0.3, 0.4) is 0 Å². The molecule has 2 aromatic heterocycles. The van der Waals surface area contributed by atoms with Gasteiger partial charge in [-0.05, 0) is 31.0 Å². The first-order chi connectivity index (χ1) is 12.9. The van der Waals surface area contributed by atoms with Crippen molar-refractivity contribution in [1.82, 2.24) is 20.0 Å². The number of pyridine rings is 1. The van der Waals surface area contributed by atoms with Gasteiger partial charge in [0.1, 0.15) is 5.82 Å². The smallest absolute Gasteiger partial charge is 0.255 e. The summed E-state index contributed by atoms with van der Waals surface area (Å²) in [5.41, 5.74) is 0.121. The van der Waals surface area contributed by atoms with Crippen LogP contribution in [-0.2, 0) is 13.0 Å². The van der Waals surface area contributed by atoms with Crippen LogP contribution in [0, 0.1) is 11.7 Å². The van der Waals surface area contributed by atoms with E-state index >= 15 is 0 Å². The maximum atomic E-state index is 13.7. The van der Waals surface area contributed by atoms with Crippen LogP contribution >= 0.6 is 0 Å². The number of benzene rings is 1. The molecule has 0 atom stereocenters. The van der Waals surface area contributed by atoms with Crippen LogP contribution in [0.15, 0.2) is 33.6 Å². The highest BCUT2D eigenvalue weighted by Crippen LogP contribution is 2.19. The molecule has 142 valence electrons. The number of hydrogen-bond acceptors (Lipinski definition) is 5. The van der Waals surface area contributed by atoms with Crippen molar-refractivity contribution >= 4 is 16.8 Å². The molecule has 0 bridgehead atoms. The highest BCUT2D eigenvalue weighted by Gasteiger charge is 2.21. The van der Waals surface area contributed by atoms with Crippen molar-refractivity contribution in [2.24, 2.45) is 5.92 Å². The molecule has 1 amide bonds.